The lowest BCUT2D eigenvalue weighted by Gasteiger charge is -2.10. The lowest BCUT2D eigenvalue weighted by Crippen LogP contribution is -2.18. The summed E-state index contributed by atoms with van der Waals surface area (Å²) in [4.78, 5) is 11.5. The zero-order chi connectivity index (χ0) is 13.4. The highest BCUT2D eigenvalue weighted by atomic mass is 16.1. The highest BCUT2D eigenvalue weighted by Gasteiger charge is 2.06. The average Bonchev–Trinajstić information content (AvgIpc) is 2.39. The largest absolute Gasteiger partial charge is 0.397 e. The maximum absolute atomic E-state index is 11.5. The number of nitrogens with one attached hydrogen (secondary N) is 2. The van der Waals surface area contributed by atoms with Gasteiger partial charge >= 0.3 is 0 Å². The fourth-order valence-corrected chi connectivity index (χ4v) is 1.77. The van der Waals surface area contributed by atoms with Crippen LogP contribution in [-0.2, 0) is 0 Å². The number of hydrogen-bond donors (Lipinski definition) is 3. The Hall–Kier alpha value is -1.71. The maximum Gasteiger partial charge on any atom is 0.251 e. The summed E-state index contributed by atoms with van der Waals surface area (Å²) in [7, 11) is 1.62. The smallest absolute Gasteiger partial charge is 0.251 e. The molecule has 18 heavy (non-hydrogen) atoms. The van der Waals surface area contributed by atoms with Crippen LogP contribution >= 0.6 is 0 Å². The first-order chi connectivity index (χ1) is 8.69. The van der Waals surface area contributed by atoms with Gasteiger partial charge in [-0.25, -0.2) is 0 Å². The number of nitrogen functional groups attached to an aromatic ring is 1. The van der Waals surface area contributed by atoms with E-state index in [0.29, 0.717) is 11.3 Å². The highest BCUT2D eigenvalue weighted by molar-refractivity contribution is 5.96. The number of benzene rings is 1. The molecule has 0 bridgehead atoms. The molecule has 4 N–H and O–H groups in total. The normalized spacial score (nSPS) is 10.1. The molecular formula is C14H23N3O. The Bertz CT molecular complexity index is 391. The average molecular weight is 249 g/mol. The van der Waals surface area contributed by atoms with E-state index in [4.69, 9.17) is 5.73 Å². The first-order valence-corrected chi connectivity index (χ1v) is 6.54. The predicted molar refractivity (Wildman–Crippen MR) is 76.9 cm³/mol. The van der Waals surface area contributed by atoms with Gasteiger partial charge in [-0.1, -0.05) is 26.2 Å². The summed E-state index contributed by atoms with van der Waals surface area (Å²) in [5, 5.41) is 5.89. The van der Waals surface area contributed by atoms with Crippen LogP contribution in [0.25, 0.3) is 0 Å². The van der Waals surface area contributed by atoms with Crippen LogP contribution in [0, 0.1) is 0 Å². The van der Waals surface area contributed by atoms with Crippen LogP contribution in [0.3, 0.4) is 0 Å². The number of hydrogen-bond acceptors (Lipinski definition) is 3. The Balaban J connectivity index is 2.56. The van der Waals surface area contributed by atoms with Crippen molar-refractivity contribution in [3.63, 3.8) is 0 Å². The fraction of sp³-hybridized carbons (Fsp3) is 0.500. The van der Waals surface area contributed by atoms with Crippen molar-refractivity contribution in [2.75, 3.05) is 24.6 Å². The lowest BCUT2D eigenvalue weighted by molar-refractivity contribution is 0.0963. The third kappa shape index (κ3) is 4.28. The monoisotopic (exact) mass is 249 g/mol. The molecule has 1 aromatic carbocycles. The molecule has 100 valence electrons. The quantitative estimate of drug-likeness (QED) is 0.514. The van der Waals surface area contributed by atoms with E-state index in [9.17, 15) is 4.79 Å². The first-order valence-electron chi connectivity index (χ1n) is 6.54. The number of amides is 1. The molecule has 0 aliphatic rings. The minimum absolute atomic E-state index is 0.0935. The molecular weight excluding hydrogens is 226 g/mol. The van der Waals surface area contributed by atoms with Crippen molar-refractivity contribution in [2.24, 2.45) is 0 Å². The van der Waals surface area contributed by atoms with Crippen molar-refractivity contribution in [2.45, 2.75) is 32.6 Å². The lowest BCUT2D eigenvalue weighted by atomic mass is 10.1. The van der Waals surface area contributed by atoms with Gasteiger partial charge in [-0.2, -0.15) is 0 Å². The number of rotatable bonds is 7. The summed E-state index contributed by atoms with van der Waals surface area (Å²) in [6, 6.07) is 5.30. The fourth-order valence-electron chi connectivity index (χ4n) is 1.77. The Labute approximate surface area is 109 Å². The second-order valence-corrected chi connectivity index (χ2v) is 4.37. The van der Waals surface area contributed by atoms with Crippen molar-refractivity contribution in [3.05, 3.63) is 23.8 Å². The molecule has 0 fully saturated rings. The zero-order valence-corrected chi connectivity index (χ0v) is 11.3. The van der Waals surface area contributed by atoms with Crippen LogP contribution in [0.15, 0.2) is 18.2 Å². The van der Waals surface area contributed by atoms with Crippen LogP contribution in [0.5, 0.6) is 0 Å². The SMILES string of the molecule is CCCCCCNc1cc(C(=O)NC)ccc1N. The summed E-state index contributed by atoms with van der Waals surface area (Å²) in [6.45, 7) is 3.08. The molecule has 4 nitrogen and oxygen atoms in total. The van der Waals surface area contributed by atoms with E-state index >= 15 is 0 Å². The Morgan fingerprint density at radius 1 is 1.28 bits per heavy atom. The summed E-state index contributed by atoms with van der Waals surface area (Å²) < 4.78 is 0. The van der Waals surface area contributed by atoms with E-state index in [1.807, 2.05) is 0 Å². The number of carbonyl (C=O) groups excluding carboxylic acids is 1. The van der Waals surface area contributed by atoms with Crippen LogP contribution in [-0.4, -0.2) is 19.5 Å². The molecule has 4 heteroatoms. The third-order valence-corrected chi connectivity index (χ3v) is 2.89. The van der Waals surface area contributed by atoms with Gasteiger partial charge in [0.15, 0.2) is 0 Å². The topological polar surface area (TPSA) is 67.2 Å². The van der Waals surface area contributed by atoms with Gasteiger partial charge in [-0.05, 0) is 24.6 Å². The zero-order valence-electron chi connectivity index (χ0n) is 11.3. The molecule has 0 saturated heterocycles. The summed E-state index contributed by atoms with van der Waals surface area (Å²) >= 11 is 0. The maximum atomic E-state index is 11.5. The van der Waals surface area contributed by atoms with E-state index in [0.717, 1.165) is 18.7 Å². The van der Waals surface area contributed by atoms with Gasteiger partial charge in [0.1, 0.15) is 0 Å². The minimum Gasteiger partial charge on any atom is -0.397 e. The summed E-state index contributed by atoms with van der Waals surface area (Å²) in [5.74, 6) is -0.0935. The van der Waals surface area contributed by atoms with Gasteiger partial charge in [0, 0.05) is 19.2 Å². The Kier molecular flexibility index (Phi) is 6.05. The molecule has 1 aromatic rings. The highest BCUT2D eigenvalue weighted by Crippen LogP contribution is 2.20. The van der Waals surface area contributed by atoms with Gasteiger partial charge in [-0.15, -0.1) is 0 Å². The van der Waals surface area contributed by atoms with E-state index in [1.54, 1.807) is 25.2 Å². The van der Waals surface area contributed by atoms with E-state index in [-0.39, 0.29) is 5.91 Å². The van der Waals surface area contributed by atoms with Crippen LogP contribution < -0.4 is 16.4 Å². The molecule has 0 saturated carbocycles. The van der Waals surface area contributed by atoms with E-state index < -0.39 is 0 Å². The predicted octanol–water partition coefficient (Wildman–Crippen LogP) is 2.62. The number of anilines is 2. The van der Waals surface area contributed by atoms with Crippen molar-refractivity contribution >= 4 is 17.3 Å². The number of carbonyl (C=O) groups is 1. The summed E-state index contributed by atoms with van der Waals surface area (Å²) in [6.07, 6.45) is 4.83. The molecule has 0 unspecified atom stereocenters. The van der Waals surface area contributed by atoms with Crippen LogP contribution in [0.2, 0.25) is 0 Å². The molecule has 0 heterocycles. The molecule has 1 amide bonds. The van der Waals surface area contributed by atoms with Crippen molar-refractivity contribution in [1.82, 2.24) is 5.32 Å². The van der Waals surface area contributed by atoms with Gasteiger partial charge in [0.05, 0.1) is 11.4 Å². The van der Waals surface area contributed by atoms with Crippen LogP contribution in [0.1, 0.15) is 43.0 Å². The van der Waals surface area contributed by atoms with Gasteiger partial charge in [-0.3, -0.25) is 4.79 Å². The molecule has 1 rings (SSSR count). The van der Waals surface area contributed by atoms with Crippen molar-refractivity contribution < 1.29 is 4.79 Å². The minimum atomic E-state index is -0.0935. The van der Waals surface area contributed by atoms with E-state index in [1.165, 1.54) is 19.3 Å². The molecule has 0 radical (unpaired) electrons. The second kappa shape index (κ2) is 7.58. The first kappa shape index (κ1) is 14.4. The summed E-state index contributed by atoms with van der Waals surface area (Å²) in [5.41, 5.74) is 8.02. The molecule has 0 aliphatic carbocycles. The molecule has 0 aliphatic heterocycles. The number of unbranched alkanes of at least 4 members (excludes halogenated alkanes) is 3. The molecule has 0 aromatic heterocycles. The standard InChI is InChI=1S/C14H23N3O/c1-3-4-5-6-9-17-13-10-11(14(18)16-2)7-8-12(13)15/h7-8,10,17H,3-6,9,15H2,1-2H3,(H,16,18). The van der Waals surface area contributed by atoms with Gasteiger partial charge < -0.3 is 16.4 Å². The Morgan fingerprint density at radius 3 is 2.72 bits per heavy atom. The van der Waals surface area contributed by atoms with Gasteiger partial charge in [0.25, 0.3) is 5.91 Å². The van der Waals surface area contributed by atoms with Gasteiger partial charge in [0.2, 0.25) is 0 Å². The third-order valence-electron chi connectivity index (χ3n) is 2.89. The molecule has 0 spiro atoms. The van der Waals surface area contributed by atoms with Crippen molar-refractivity contribution in [3.8, 4) is 0 Å². The van der Waals surface area contributed by atoms with E-state index in [2.05, 4.69) is 17.6 Å². The number of nitrogens with two attached hydrogens (primary N) is 1. The second-order valence-electron chi connectivity index (χ2n) is 4.37. The molecule has 0 atom stereocenters. The van der Waals surface area contributed by atoms with Crippen molar-refractivity contribution in [1.29, 1.82) is 0 Å². The van der Waals surface area contributed by atoms with Crippen LogP contribution in [0.4, 0.5) is 11.4 Å². The Morgan fingerprint density at radius 2 is 2.06 bits per heavy atom.